The molecular formula is C16H14ClF2N5O2S. The first kappa shape index (κ1) is 19.2. The van der Waals surface area contributed by atoms with E-state index in [0.717, 1.165) is 11.3 Å². The van der Waals surface area contributed by atoms with Crippen molar-refractivity contribution in [2.75, 3.05) is 5.32 Å². The van der Waals surface area contributed by atoms with E-state index >= 15 is 0 Å². The number of pyridine rings is 1. The number of thiophene rings is 1. The summed E-state index contributed by atoms with van der Waals surface area (Å²) >= 11 is 6.67. The van der Waals surface area contributed by atoms with Crippen LogP contribution in [-0.2, 0) is 4.79 Å². The highest BCUT2D eigenvalue weighted by Crippen LogP contribution is 2.38. The van der Waals surface area contributed by atoms with Gasteiger partial charge in [0.25, 0.3) is 12.3 Å². The molecule has 2 amide bonds. The average Bonchev–Trinajstić information content (AvgIpc) is 3.18. The lowest BCUT2D eigenvalue weighted by Crippen LogP contribution is -2.25. The Balaban J connectivity index is 2.05. The number of carbonyl (C=O) groups excluding carboxylic acids is 2. The largest absolute Gasteiger partial charge is 0.365 e. The molecule has 0 aromatic carbocycles. The highest BCUT2D eigenvalue weighted by molar-refractivity contribution is 7.21. The van der Waals surface area contributed by atoms with Crippen LogP contribution >= 0.6 is 22.9 Å². The van der Waals surface area contributed by atoms with Gasteiger partial charge in [0.1, 0.15) is 21.4 Å². The number of aromatic nitrogens is 3. The molecule has 0 spiro atoms. The minimum absolute atomic E-state index is 0.0334. The molecule has 7 nitrogen and oxygen atoms in total. The second-order valence-electron chi connectivity index (χ2n) is 5.82. The number of rotatable bonds is 5. The average molecular weight is 414 g/mol. The molecule has 0 aliphatic rings. The number of amides is 2. The summed E-state index contributed by atoms with van der Waals surface area (Å²) in [5, 5.41) is 7.39. The van der Waals surface area contributed by atoms with Gasteiger partial charge in [-0.3, -0.25) is 14.3 Å². The summed E-state index contributed by atoms with van der Waals surface area (Å²) in [4.78, 5) is 28.6. The standard InChI is InChI=1S/C16H14ClF2N5O2S/c1-6-3-9(13(18)19)22-16-10(6)11(12(27-16)14(20)25)23-15(26)7(2)24-5-8(17)4-21-24/h3-5,7,13H,1-2H3,(H2,20,25)(H,23,26). The summed E-state index contributed by atoms with van der Waals surface area (Å²) in [6, 6.07) is 0.485. The molecule has 3 N–H and O–H groups in total. The number of primary amides is 1. The zero-order valence-corrected chi connectivity index (χ0v) is 15.7. The van der Waals surface area contributed by atoms with Crippen LogP contribution in [0.3, 0.4) is 0 Å². The molecule has 1 atom stereocenters. The molecule has 3 heterocycles. The number of hydrogen-bond donors (Lipinski definition) is 2. The van der Waals surface area contributed by atoms with Crippen LogP contribution in [0.1, 0.15) is 40.3 Å². The highest BCUT2D eigenvalue weighted by atomic mass is 35.5. The predicted octanol–water partition coefficient (Wildman–Crippen LogP) is 3.69. The fourth-order valence-electron chi connectivity index (χ4n) is 2.59. The van der Waals surface area contributed by atoms with Gasteiger partial charge in [0.2, 0.25) is 5.91 Å². The van der Waals surface area contributed by atoms with Crippen LogP contribution in [0.4, 0.5) is 14.5 Å². The smallest absolute Gasteiger partial charge is 0.280 e. The third-order valence-corrected chi connectivity index (χ3v) is 5.21. The first-order valence-corrected chi connectivity index (χ1v) is 8.91. The minimum atomic E-state index is -2.75. The van der Waals surface area contributed by atoms with E-state index in [0.29, 0.717) is 16.0 Å². The van der Waals surface area contributed by atoms with Crippen molar-refractivity contribution in [1.29, 1.82) is 0 Å². The topological polar surface area (TPSA) is 103 Å². The van der Waals surface area contributed by atoms with Gasteiger partial charge in [-0.25, -0.2) is 13.8 Å². The van der Waals surface area contributed by atoms with Gasteiger partial charge in [0.15, 0.2) is 0 Å². The number of halogens is 3. The van der Waals surface area contributed by atoms with E-state index in [1.807, 2.05) is 0 Å². The van der Waals surface area contributed by atoms with E-state index in [-0.39, 0.29) is 15.4 Å². The van der Waals surface area contributed by atoms with Crippen molar-refractivity contribution in [2.24, 2.45) is 5.73 Å². The van der Waals surface area contributed by atoms with Crippen molar-refractivity contribution in [1.82, 2.24) is 14.8 Å². The lowest BCUT2D eigenvalue weighted by atomic mass is 10.1. The van der Waals surface area contributed by atoms with Crippen LogP contribution in [0.2, 0.25) is 5.02 Å². The Kier molecular flexibility index (Phi) is 5.11. The molecule has 11 heteroatoms. The number of carbonyl (C=O) groups is 2. The maximum absolute atomic E-state index is 13.0. The van der Waals surface area contributed by atoms with Crippen LogP contribution in [0.5, 0.6) is 0 Å². The Morgan fingerprint density at radius 1 is 1.41 bits per heavy atom. The molecule has 0 fully saturated rings. The summed E-state index contributed by atoms with van der Waals surface area (Å²) in [7, 11) is 0. The van der Waals surface area contributed by atoms with Gasteiger partial charge in [0.05, 0.1) is 16.9 Å². The summed E-state index contributed by atoms with van der Waals surface area (Å²) in [5.41, 5.74) is 5.60. The van der Waals surface area contributed by atoms with Crippen LogP contribution < -0.4 is 11.1 Å². The number of nitrogens with one attached hydrogen (secondary N) is 1. The third-order valence-electron chi connectivity index (χ3n) is 3.92. The molecule has 142 valence electrons. The monoisotopic (exact) mass is 413 g/mol. The van der Waals surface area contributed by atoms with Crippen molar-refractivity contribution < 1.29 is 18.4 Å². The number of hydrogen-bond acceptors (Lipinski definition) is 5. The summed E-state index contributed by atoms with van der Waals surface area (Å²) in [6.07, 6.45) is 0.115. The molecule has 3 aromatic rings. The first-order valence-electron chi connectivity index (χ1n) is 7.71. The maximum atomic E-state index is 13.0. The van der Waals surface area contributed by atoms with Crippen LogP contribution in [0.25, 0.3) is 10.2 Å². The number of fused-ring (bicyclic) bond motifs is 1. The van der Waals surface area contributed by atoms with Gasteiger partial charge in [-0.1, -0.05) is 11.6 Å². The zero-order valence-electron chi connectivity index (χ0n) is 14.2. The maximum Gasteiger partial charge on any atom is 0.280 e. The molecule has 3 aromatic heterocycles. The minimum Gasteiger partial charge on any atom is -0.365 e. The van der Waals surface area contributed by atoms with Gasteiger partial charge in [-0.05, 0) is 25.5 Å². The Morgan fingerprint density at radius 3 is 2.67 bits per heavy atom. The van der Waals surface area contributed by atoms with Crippen LogP contribution in [-0.4, -0.2) is 26.6 Å². The lowest BCUT2D eigenvalue weighted by Gasteiger charge is -2.13. The predicted molar refractivity (Wildman–Crippen MR) is 98.4 cm³/mol. The third kappa shape index (κ3) is 3.62. The Morgan fingerprint density at radius 2 is 2.11 bits per heavy atom. The number of alkyl halides is 2. The first-order chi connectivity index (χ1) is 12.7. The SMILES string of the molecule is Cc1cc(C(F)F)nc2sc(C(N)=O)c(NC(=O)C(C)n3cc(Cl)cn3)c12. The molecule has 0 bridgehead atoms. The quantitative estimate of drug-likeness (QED) is 0.665. The molecule has 0 aliphatic heterocycles. The summed E-state index contributed by atoms with van der Waals surface area (Å²) in [5.74, 6) is -1.27. The van der Waals surface area contributed by atoms with Crippen molar-refractivity contribution in [3.8, 4) is 0 Å². The number of aryl methyl sites for hydroxylation is 1. The van der Waals surface area contributed by atoms with Gasteiger partial charge in [-0.2, -0.15) is 5.10 Å². The Bertz CT molecular complexity index is 1050. The van der Waals surface area contributed by atoms with Gasteiger partial charge in [0, 0.05) is 11.6 Å². The highest BCUT2D eigenvalue weighted by Gasteiger charge is 2.25. The van der Waals surface area contributed by atoms with Crippen LogP contribution in [0.15, 0.2) is 18.5 Å². The van der Waals surface area contributed by atoms with Crippen molar-refractivity contribution >= 4 is 50.7 Å². The van der Waals surface area contributed by atoms with Gasteiger partial charge in [-0.15, -0.1) is 11.3 Å². The molecule has 0 radical (unpaired) electrons. The number of anilines is 1. The molecular weight excluding hydrogens is 400 g/mol. The van der Waals surface area contributed by atoms with Crippen molar-refractivity contribution in [3.63, 3.8) is 0 Å². The van der Waals surface area contributed by atoms with E-state index < -0.39 is 30.0 Å². The van der Waals surface area contributed by atoms with E-state index in [1.54, 1.807) is 13.8 Å². The molecule has 3 rings (SSSR count). The number of nitrogens with zero attached hydrogens (tertiary/aromatic N) is 3. The van der Waals surface area contributed by atoms with E-state index in [2.05, 4.69) is 15.4 Å². The zero-order chi connectivity index (χ0) is 19.9. The number of nitrogens with two attached hydrogens (primary N) is 1. The molecule has 1 unspecified atom stereocenters. The normalized spacial score (nSPS) is 12.5. The summed E-state index contributed by atoms with van der Waals surface area (Å²) < 4.78 is 27.4. The Labute approximate surface area is 161 Å². The summed E-state index contributed by atoms with van der Waals surface area (Å²) in [6.45, 7) is 3.19. The van der Waals surface area contributed by atoms with Crippen molar-refractivity contribution in [2.45, 2.75) is 26.3 Å². The van der Waals surface area contributed by atoms with Crippen LogP contribution in [0, 0.1) is 6.92 Å². The van der Waals surface area contributed by atoms with Crippen molar-refractivity contribution in [3.05, 3.63) is 39.6 Å². The van der Waals surface area contributed by atoms with Gasteiger partial charge < -0.3 is 11.1 Å². The molecule has 0 saturated carbocycles. The molecule has 27 heavy (non-hydrogen) atoms. The second kappa shape index (κ2) is 7.20. The molecule has 0 aliphatic carbocycles. The second-order valence-corrected chi connectivity index (χ2v) is 7.25. The fraction of sp³-hybridized carbons (Fsp3) is 0.250. The fourth-order valence-corrected chi connectivity index (χ4v) is 3.80. The van der Waals surface area contributed by atoms with Gasteiger partial charge >= 0.3 is 0 Å². The Hall–Kier alpha value is -2.59. The van der Waals surface area contributed by atoms with E-state index in [4.69, 9.17) is 17.3 Å². The molecule has 0 saturated heterocycles. The van der Waals surface area contributed by atoms with E-state index in [1.165, 1.54) is 23.1 Å². The van der Waals surface area contributed by atoms with E-state index in [9.17, 15) is 18.4 Å². The lowest BCUT2D eigenvalue weighted by molar-refractivity contribution is -0.119.